The third kappa shape index (κ3) is 1.18. The molecule has 0 aromatic heterocycles. The molecule has 3 rings (SSSR count). The summed E-state index contributed by atoms with van der Waals surface area (Å²) in [4.78, 5) is 13.8. The second-order valence-corrected chi connectivity index (χ2v) is 5.18. The Bertz CT molecular complexity index is 260. The van der Waals surface area contributed by atoms with Crippen molar-refractivity contribution in [2.75, 3.05) is 13.1 Å². The lowest BCUT2D eigenvalue weighted by Gasteiger charge is -2.39. The fraction of sp³-hybridized carbons (Fsp3) is 0.909. The van der Waals surface area contributed by atoms with Crippen molar-refractivity contribution in [2.24, 2.45) is 17.8 Å². The van der Waals surface area contributed by atoms with Gasteiger partial charge in [-0.1, -0.05) is 6.42 Å². The highest BCUT2D eigenvalue weighted by Gasteiger charge is 2.45. The smallest absolute Gasteiger partial charge is 0.226 e. The first-order valence-corrected chi connectivity index (χ1v) is 5.71. The Morgan fingerprint density at radius 1 is 1.21 bits per heavy atom. The van der Waals surface area contributed by atoms with E-state index in [-0.39, 0.29) is 6.10 Å². The van der Waals surface area contributed by atoms with Crippen LogP contribution in [-0.2, 0) is 4.79 Å². The Balaban J connectivity index is 1.63. The third-order valence-corrected chi connectivity index (χ3v) is 4.23. The molecule has 1 heterocycles. The number of carbonyl (C=O) groups is 1. The number of nitrogens with zero attached hydrogens (tertiary/aromatic N) is 1. The molecule has 3 atom stereocenters. The zero-order valence-corrected chi connectivity index (χ0v) is 8.35. The minimum absolute atomic E-state index is 0.252. The maximum Gasteiger partial charge on any atom is 0.226 e. The van der Waals surface area contributed by atoms with Gasteiger partial charge in [-0.3, -0.25) is 4.79 Å². The van der Waals surface area contributed by atoms with E-state index in [1.54, 1.807) is 0 Å². The number of rotatable bonds is 1. The van der Waals surface area contributed by atoms with Crippen LogP contribution < -0.4 is 0 Å². The number of likely N-dealkylation sites (tertiary alicyclic amines) is 1. The lowest BCUT2D eigenvalue weighted by atomic mass is 9.87. The van der Waals surface area contributed by atoms with Gasteiger partial charge in [-0.2, -0.15) is 0 Å². The predicted molar refractivity (Wildman–Crippen MR) is 51.5 cm³/mol. The molecule has 0 aromatic carbocycles. The van der Waals surface area contributed by atoms with Crippen LogP contribution >= 0.6 is 0 Å². The molecule has 1 aliphatic heterocycles. The van der Waals surface area contributed by atoms with Gasteiger partial charge in [-0.15, -0.1) is 0 Å². The molecular weight excluding hydrogens is 178 g/mol. The number of hydrogen-bond donors (Lipinski definition) is 1. The molecule has 78 valence electrons. The highest BCUT2D eigenvalue weighted by atomic mass is 16.3. The summed E-state index contributed by atoms with van der Waals surface area (Å²) in [5.74, 6) is 2.13. The monoisotopic (exact) mass is 195 g/mol. The number of aliphatic hydroxyl groups is 1. The molecule has 14 heavy (non-hydrogen) atoms. The summed E-state index contributed by atoms with van der Waals surface area (Å²) < 4.78 is 0. The van der Waals surface area contributed by atoms with E-state index >= 15 is 0 Å². The molecule has 2 saturated carbocycles. The van der Waals surface area contributed by atoms with E-state index in [1.807, 2.05) is 4.90 Å². The lowest BCUT2D eigenvalue weighted by molar-refractivity contribution is -0.147. The normalized spacial score (nSPS) is 41.5. The zero-order valence-electron chi connectivity index (χ0n) is 8.35. The molecular formula is C11H17NO2. The van der Waals surface area contributed by atoms with Crippen molar-refractivity contribution in [3.8, 4) is 0 Å². The van der Waals surface area contributed by atoms with Gasteiger partial charge in [0, 0.05) is 19.0 Å². The molecule has 3 heteroatoms. The summed E-state index contributed by atoms with van der Waals surface area (Å²) >= 11 is 0. The summed E-state index contributed by atoms with van der Waals surface area (Å²) in [5, 5.41) is 9.15. The van der Waals surface area contributed by atoms with Crippen molar-refractivity contribution in [3.05, 3.63) is 0 Å². The minimum atomic E-state index is -0.252. The predicted octanol–water partition coefficient (Wildman–Crippen LogP) is 0.626. The maximum atomic E-state index is 12.0. The van der Waals surface area contributed by atoms with Crippen LogP contribution in [0.5, 0.6) is 0 Å². The van der Waals surface area contributed by atoms with Crippen LogP contribution in [0.1, 0.15) is 25.7 Å². The maximum absolute atomic E-state index is 12.0. The van der Waals surface area contributed by atoms with Gasteiger partial charge < -0.3 is 10.0 Å². The fourth-order valence-corrected chi connectivity index (χ4v) is 3.42. The summed E-state index contributed by atoms with van der Waals surface area (Å²) in [6.07, 6.45) is 4.76. The molecule has 3 nitrogen and oxygen atoms in total. The molecule has 0 spiro atoms. The van der Waals surface area contributed by atoms with E-state index in [0.29, 0.717) is 30.8 Å². The Morgan fingerprint density at radius 2 is 2.00 bits per heavy atom. The van der Waals surface area contributed by atoms with E-state index in [9.17, 15) is 4.79 Å². The van der Waals surface area contributed by atoms with Crippen LogP contribution in [-0.4, -0.2) is 35.1 Å². The standard InChI is InChI=1S/C11H17NO2/c13-9-5-12(6-9)11(14)10-4-7-1-2-8(10)3-7/h7-10,13H,1-6H2. The number of β-amino-alcohol motifs (C(OH)–C–C–N with tert-alkyl or cyclic N) is 1. The molecule has 2 bridgehead atoms. The van der Waals surface area contributed by atoms with Crippen molar-refractivity contribution in [3.63, 3.8) is 0 Å². The molecule has 0 aromatic rings. The van der Waals surface area contributed by atoms with Gasteiger partial charge in [-0.25, -0.2) is 0 Å². The first-order valence-electron chi connectivity index (χ1n) is 5.71. The summed E-state index contributed by atoms with van der Waals surface area (Å²) in [6, 6.07) is 0. The van der Waals surface area contributed by atoms with Gasteiger partial charge in [0.15, 0.2) is 0 Å². The Hall–Kier alpha value is -0.570. The topological polar surface area (TPSA) is 40.5 Å². The van der Waals surface area contributed by atoms with Crippen molar-refractivity contribution >= 4 is 5.91 Å². The Kier molecular flexibility index (Phi) is 1.84. The molecule has 3 unspecified atom stereocenters. The summed E-state index contributed by atoms with van der Waals surface area (Å²) in [5.41, 5.74) is 0. The first-order chi connectivity index (χ1) is 6.74. The average molecular weight is 195 g/mol. The second kappa shape index (κ2) is 2.96. The molecule has 3 aliphatic rings. The van der Waals surface area contributed by atoms with Gasteiger partial charge in [0.05, 0.1) is 6.10 Å². The van der Waals surface area contributed by atoms with Crippen LogP contribution in [0.2, 0.25) is 0 Å². The van der Waals surface area contributed by atoms with Crippen molar-refractivity contribution < 1.29 is 9.90 Å². The van der Waals surface area contributed by atoms with Crippen LogP contribution in [0.3, 0.4) is 0 Å². The molecule has 1 amide bonds. The van der Waals surface area contributed by atoms with Gasteiger partial charge in [0.25, 0.3) is 0 Å². The largest absolute Gasteiger partial charge is 0.389 e. The number of amides is 1. The van der Waals surface area contributed by atoms with Crippen LogP contribution in [0, 0.1) is 17.8 Å². The first kappa shape index (κ1) is 8.72. The minimum Gasteiger partial charge on any atom is -0.389 e. The van der Waals surface area contributed by atoms with Gasteiger partial charge in [0.2, 0.25) is 5.91 Å². The molecule has 0 radical (unpaired) electrons. The third-order valence-electron chi connectivity index (χ3n) is 4.23. The molecule has 2 aliphatic carbocycles. The number of carbonyl (C=O) groups excluding carboxylic acids is 1. The van der Waals surface area contributed by atoms with E-state index in [1.165, 1.54) is 19.3 Å². The number of hydrogen-bond acceptors (Lipinski definition) is 2. The molecule has 3 fully saturated rings. The lowest BCUT2D eigenvalue weighted by Crippen LogP contribution is -2.55. The SMILES string of the molecule is O=C(C1CC2CCC1C2)N1CC(O)C1. The van der Waals surface area contributed by atoms with E-state index in [0.717, 1.165) is 12.3 Å². The van der Waals surface area contributed by atoms with Gasteiger partial charge >= 0.3 is 0 Å². The molecule has 1 saturated heterocycles. The number of fused-ring (bicyclic) bond motifs is 2. The average Bonchev–Trinajstić information content (AvgIpc) is 2.72. The highest BCUT2D eigenvalue weighted by Crippen LogP contribution is 2.49. The Morgan fingerprint density at radius 3 is 2.50 bits per heavy atom. The van der Waals surface area contributed by atoms with Gasteiger partial charge in [0.1, 0.15) is 0 Å². The van der Waals surface area contributed by atoms with E-state index in [4.69, 9.17) is 5.11 Å². The van der Waals surface area contributed by atoms with Crippen molar-refractivity contribution in [1.29, 1.82) is 0 Å². The fourth-order valence-electron chi connectivity index (χ4n) is 3.42. The second-order valence-electron chi connectivity index (χ2n) is 5.18. The van der Waals surface area contributed by atoms with E-state index in [2.05, 4.69) is 0 Å². The number of aliphatic hydroxyl groups excluding tert-OH is 1. The zero-order chi connectivity index (χ0) is 9.71. The highest BCUT2D eigenvalue weighted by molar-refractivity contribution is 5.80. The quantitative estimate of drug-likeness (QED) is 0.666. The molecule has 1 N–H and O–H groups in total. The Labute approximate surface area is 84.1 Å². The van der Waals surface area contributed by atoms with E-state index < -0.39 is 0 Å². The summed E-state index contributed by atoms with van der Waals surface area (Å²) in [7, 11) is 0. The van der Waals surface area contributed by atoms with Crippen LogP contribution in [0.15, 0.2) is 0 Å². The van der Waals surface area contributed by atoms with Gasteiger partial charge in [-0.05, 0) is 31.1 Å². The summed E-state index contributed by atoms with van der Waals surface area (Å²) in [6.45, 7) is 1.15. The van der Waals surface area contributed by atoms with Crippen molar-refractivity contribution in [1.82, 2.24) is 4.90 Å². The van der Waals surface area contributed by atoms with Crippen molar-refractivity contribution in [2.45, 2.75) is 31.8 Å². The van der Waals surface area contributed by atoms with Crippen LogP contribution in [0.4, 0.5) is 0 Å². The van der Waals surface area contributed by atoms with Crippen LogP contribution in [0.25, 0.3) is 0 Å².